The Morgan fingerprint density at radius 2 is 2.03 bits per heavy atom. The molecule has 0 spiro atoms. The maximum Gasteiger partial charge on any atom is 0.255 e. The van der Waals surface area contributed by atoms with Crippen molar-refractivity contribution in [2.24, 2.45) is 0 Å². The highest BCUT2D eigenvalue weighted by Crippen LogP contribution is 2.34. The zero-order valence-electron chi connectivity index (χ0n) is 24.3. The molecule has 0 saturated carbocycles. The fraction of sp³-hybridized carbons (Fsp3) is 0.346. The van der Waals surface area contributed by atoms with Gasteiger partial charge in [-0.2, -0.15) is 0 Å². The van der Waals surface area contributed by atoms with E-state index in [1.165, 1.54) is 23.1 Å². The molecule has 2 aromatic carbocycles. The zero-order chi connectivity index (χ0) is 29.0. The van der Waals surface area contributed by atoms with Crippen molar-refractivity contribution in [1.29, 1.82) is 0 Å². The van der Waals surface area contributed by atoms with Gasteiger partial charge in [-0.3, -0.25) is 14.4 Å². The van der Waals surface area contributed by atoms with Crippen molar-refractivity contribution in [3.8, 4) is 5.75 Å². The molecule has 8 heteroatoms. The first-order chi connectivity index (χ1) is 18.8. The van der Waals surface area contributed by atoms with Gasteiger partial charge in [0.25, 0.3) is 5.91 Å². The standard InChI is InChI=1S/C26H27N3O5/c1-17-5-10-22(25(31)27-17)29-14-21-20(26(29)32)3-2-4-23(21)34-15-19-8-6-18(7-9-19)13-28-11-12-33-16-24(28)30/h2-4,6-9,22H,1,5,10-16H2,(H,27,31)/i6D,8D,13D2,15D2. The predicted octanol–water partition coefficient (Wildman–Crippen LogP) is 2.37. The minimum atomic E-state index is -2.64. The van der Waals surface area contributed by atoms with Crippen molar-refractivity contribution < 1.29 is 32.1 Å². The number of allylic oxidation sites excluding steroid dienone is 1. The van der Waals surface area contributed by atoms with Crippen LogP contribution in [-0.4, -0.2) is 53.3 Å². The Hall–Kier alpha value is -3.65. The number of benzene rings is 2. The fourth-order valence-corrected chi connectivity index (χ4v) is 4.13. The molecule has 0 radical (unpaired) electrons. The van der Waals surface area contributed by atoms with Crippen molar-refractivity contribution in [1.82, 2.24) is 15.1 Å². The summed E-state index contributed by atoms with van der Waals surface area (Å²) in [5.41, 5.74) is 0.664. The van der Waals surface area contributed by atoms with E-state index in [2.05, 4.69) is 11.9 Å². The van der Waals surface area contributed by atoms with Crippen LogP contribution in [0.2, 0.25) is 0 Å². The summed E-state index contributed by atoms with van der Waals surface area (Å²) in [4.78, 5) is 40.2. The lowest BCUT2D eigenvalue weighted by molar-refractivity contribution is -0.143. The molecule has 2 fully saturated rings. The van der Waals surface area contributed by atoms with Gasteiger partial charge in [-0.15, -0.1) is 0 Å². The summed E-state index contributed by atoms with van der Waals surface area (Å²) in [5, 5.41) is 2.67. The van der Waals surface area contributed by atoms with E-state index in [0.717, 1.165) is 11.0 Å². The Kier molecular flexibility index (Phi) is 4.39. The summed E-state index contributed by atoms with van der Waals surface area (Å²) in [6, 6.07) is 5.04. The van der Waals surface area contributed by atoms with E-state index >= 15 is 0 Å². The molecule has 176 valence electrons. The Balaban J connectivity index is 1.42. The molecule has 0 aliphatic carbocycles. The van der Waals surface area contributed by atoms with Gasteiger partial charge in [-0.1, -0.05) is 36.9 Å². The highest BCUT2D eigenvalue weighted by atomic mass is 16.5. The van der Waals surface area contributed by atoms with Crippen molar-refractivity contribution in [2.45, 2.75) is 38.5 Å². The van der Waals surface area contributed by atoms with E-state index in [1.54, 1.807) is 6.07 Å². The summed E-state index contributed by atoms with van der Waals surface area (Å²) in [7, 11) is 0. The smallest absolute Gasteiger partial charge is 0.255 e. The van der Waals surface area contributed by atoms with Crippen LogP contribution in [0.4, 0.5) is 0 Å². The average molecular weight is 468 g/mol. The van der Waals surface area contributed by atoms with Crippen LogP contribution in [0.25, 0.3) is 0 Å². The molecule has 3 heterocycles. The maximum absolute atomic E-state index is 13.1. The van der Waals surface area contributed by atoms with Crippen LogP contribution in [-0.2, 0) is 33.9 Å². The highest BCUT2D eigenvalue weighted by molar-refractivity contribution is 6.02. The number of nitrogens with one attached hydrogen (secondary N) is 1. The van der Waals surface area contributed by atoms with E-state index in [4.69, 9.17) is 17.7 Å². The fourth-order valence-electron chi connectivity index (χ4n) is 4.13. The molecular formula is C26H27N3O5. The number of fused-ring (bicyclic) bond motifs is 1. The Morgan fingerprint density at radius 1 is 1.21 bits per heavy atom. The lowest BCUT2D eigenvalue weighted by atomic mass is 10.0. The van der Waals surface area contributed by atoms with E-state index in [-0.39, 0.29) is 60.6 Å². The van der Waals surface area contributed by atoms with Crippen LogP contribution in [0.1, 0.15) is 48.1 Å². The first-order valence-corrected chi connectivity index (χ1v) is 10.9. The van der Waals surface area contributed by atoms with Gasteiger partial charge in [0.1, 0.15) is 25.0 Å². The molecule has 2 saturated heterocycles. The second kappa shape index (κ2) is 9.30. The summed E-state index contributed by atoms with van der Waals surface area (Å²) in [6.45, 7) is -1.47. The average Bonchev–Trinajstić information content (AvgIpc) is 3.22. The van der Waals surface area contributed by atoms with Gasteiger partial charge in [0.2, 0.25) is 11.8 Å². The minimum Gasteiger partial charge on any atom is -0.489 e. The van der Waals surface area contributed by atoms with Crippen LogP contribution < -0.4 is 10.1 Å². The molecule has 2 aromatic rings. The largest absolute Gasteiger partial charge is 0.489 e. The minimum absolute atomic E-state index is 0.0229. The molecule has 5 rings (SSSR count). The van der Waals surface area contributed by atoms with Crippen molar-refractivity contribution in [3.63, 3.8) is 0 Å². The van der Waals surface area contributed by atoms with Crippen LogP contribution >= 0.6 is 0 Å². The number of carbonyl (C=O) groups excluding carboxylic acids is 3. The second-order valence-corrected chi connectivity index (χ2v) is 8.19. The molecule has 3 amide bonds. The quantitative estimate of drug-likeness (QED) is 0.705. The van der Waals surface area contributed by atoms with Gasteiger partial charge < -0.3 is 24.6 Å². The maximum atomic E-state index is 13.1. The Morgan fingerprint density at radius 3 is 2.85 bits per heavy atom. The first-order valence-electron chi connectivity index (χ1n) is 13.9. The van der Waals surface area contributed by atoms with E-state index in [0.29, 0.717) is 24.1 Å². The lowest BCUT2D eigenvalue weighted by Gasteiger charge is -2.31. The van der Waals surface area contributed by atoms with Crippen molar-refractivity contribution >= 4 is 17.7 Å². The Labute approximate surface area is 206 Å². The van der Waals surface area contributed by atoms with Crippen molar-refractivity contribution in [3.05, 3.63) is 76.9 Å². The summed E-state index contributed by atoms with van der Waals surface area (Å²) >= 11 is 0. The van der Waals surface area contributed by atoms with Gasteiger partial charge >= 0.3 is 0 Å². The number of ether oxygens (including phenoxy) is 2. The third-order valence-electron chi connectivity index (χ3n) is 5.91. The van der Waals surface area contributed by atoms with Gasteiger partial charge in [0.15, 0.2) is 0 Å². The van der Waals surface area contributed by atoms with Gasteiger partial charge in [-0.25, -0.2) is 0 Å². The molecule has 3 aliphatic heterocycles. The third-order valence-corrected chi connectivity index (χ3v) is 5.91. The number of hydrogen-bond donors (Lipinski definition) is 1. The van der Waals surface area contributed by atoms with E-state index in [9.17, 15) is 14.4 Å². The first kappa shape index (κ1) is 16.1. The zero-order valence-corrected chi connectivity index (χ0v) is 18.3. The van der Waals surface area contributed by atoms with Crippen molar-refractivity contribution in [2.75, 3.05) is 19.8 Å². The second-order valence-electron chi connectivity index (χ2n) is 8.19. The topological polar surface area (TPSA) is 88.2 Å². The van der Waals surface area contributed by atoms with Gasteiger partial charge in [-0.05, 0) is 36.1 Å². The van der Waals surface area contributed by atoms with Crippen LogP contribution in [0, 0.1) is 0 Å². The molecule has 8 nitrogen and oxygen atoms in total. The summed E-state index contributed by atoms with van der Waals surface area (Å²) in [6.07, 6.45) is 0.934. The van der Waals surface area contributed by atoms with Crippen LogP contribution in [0.5, 0.6) is 5.75 Å². The molecular weight excluding hydrogens is 434 g/mol. The number of piperidine rings is 1. The SMILES string of the molecule is [2H]c1c(C([2H])([2H])Oc2cccc3c2CN(C2CCC(=C)NC2=O)C3=O)ccc(C([2H])([2H])N2CCOCC2=O)c1[2H]. The predicted molar refractivity (Wildman–Crippen MR) is 124 cm³/mol. The highest BCUT2D eigenvalue weighted by Gasteiger charge is 2.39. The molecule has 34 heavy (non-hydrogen) atoms. The Bertz CT molecular complexity index is 1430. The van der Waals surface area contributed by atoms with Gasteiger partial charge in [0, 0.05) is 29.9 Å². The normalized spacial score (nSPS) is 23.8. The molecule has 1 unspecified atom stereocenters. The number of nitrogens with zero attached hydrogens (tertiary/aromatic N) is 2. The van der Waals surface area contributed by atoms with E-state index < -0.39 is 37.1 Å². The molecule has 1 N–H and O–H groups in total. The summed E-state index contributed by atoms with van der Waals surface area (Å²) in [5.74, 6) is -1.27. The van der Waals surface area contributed by atoms with Crippen LogP contribution in [0.3, 0.4) is 0 Å². The van der Waals surface area contributed by atoms with E-state index in [1.807, 2.05) is 0 Å². The molecule has 1 atom stereocenters. The number of carbonyl (C=O) groups is 3. The molecule has 0 bridgehead atoms. The molecule has 3 aliphatic rings. The number of hydrogen-bond acceptors (Lipinski definition) is 5. The summed E-state index contributed by atoms with van der Waals surface area (Å²) < 4.78 is 61.9. The monoisotopic (exact) mass is 467 g/mol. The van der Waals surface area contributed by atoms with Crippen LogP contribution in [0.15, 0.2) is 54.7 Å². The number of amides is 3. The lowest BCUT2D eigenvalue weighted by Crippen LogP contribution is -2.49. The molecule has 0 aromatic heterocycles. The third kappa shape index (κ3) is 4.41. The number of rotatable bonds is 6. The van der Waals surface area contributed by atoms with Gasteiger partial charge in [0.05, 0.1) is 21.4 Å². The number of morpholine rings is 1.